The fraction of sp³-hybridized carbons (Fsp3) is 0.929. The van der Waals surface area contributed by atoms with Crippen LogP contribution in [-0.2, 0) is 14.6 Å². The molecule has 0 heterocycles. The van der Waals surface area contributed by atoms with Crippen molar-refractivity contribution >= 4 is 15.8 Å². The summed E-state index contributed by atoms with van der Waals surface area (Å²) < 4.78 is 27.7. The van der Waals surface area contributed by atoms with Gasteiger partial charge in [-0.15, -0.1) is 0 Å². The minimum Gasteiger partial charge on any atom is -0.381 e. The van der Waals surface area contributed by atoms with Crippen LogP contribution >= 0.6 is 0 Å². The highest BCUT2D eigenvalue weighted by Gasteiger charge is 2.09. The van der Waals surface area contributed by atoms with Crippen molar-refractivity contribution in [3.63, 3.8) is 0 Å². The van der Waals surface area contributed by atoms with Gasteiger partial charge < -0.3 is 15.4 Å². The standard InChI is InChI=1S/C14H31N3O3S/c1-5-6-10-20-11-7-9-16-14(15-3)17-13(2)8-12-21(4,18)19/h13H,5-12H2,1-4H3,(H2,15,16,17). The fourth-order valence-electron chi connectivity index (χ4n) is 1.62. The molecule has 0 bridgehead atoms. The third-order valence-corrected chi connectivity index (χ3v) is 3.91. The van der Waals surface area contributed by atoms with Gasteiger partial charge in [0.25, 0.3) is 0 Å². The van der Waals surface area contributed by atoms with Crippen LogP contribution in [0.3, 0.4) is 0 Å². The molecule has 1 atom stereocenters. The van der Waals surface area contributed by atoms with Gasteiger partial charge in [-0.25, -0.2) is 8.42 Å². The number of hydrogen-bond donors (Lipinski definition) is 2. The van der Waals surface area contributed by atoms with Gasteiger partial charge in [0, 0.05) is 39.1 Å². The molecule has 7 heteroatoms. The number of aliphatic imine (C=N–C) groups is 1. The summed E-state index contributed by atoms with van der Waals surface area (Å²) in [5.41, 5.74) is 0. The molecule has 0 aliphatic carbocycles. The Morgan fingerprint density at radius 2 is 1.95 bits per heavy atom. The minimum absolute atomic E-state index is 0.0618. The molecule has 2 N–H and O–H groups in total. The molecule has 0 saturated heterocycles. The number of unbranched alkanes of at least 4 members (excludes halogenated alkanes) is 1. The lowest BCUT2D eigenvalue weighted by atomic mass is 10.3. The van der Waals surface area contributed by atoms with E-state index in [0.717, 1.165) is 39.0 Å². The molecule has 0 aromatic rings. The van der Waals surface area contributed by atoms with Gasteiger partial charge in [-0.3, -0.25) is 4.99 Å². The van der Waals surface area contributed by atoms with Gasteiger partial charge in [0.2, 0.25) is 0 Å². The molecule has 0 fully saturated rings. The zero-order valence-corrected chi connectivity index (χ0v) is 14.6. The summed E-state index contributed by atoms with van der Waals surface area (Å²) in [7, 11) is -1.21. The Bertz CT molecular complexity index is 383. The third kappa shape index (κ3) is 13.9. The second kappa shape index (κ2) is 11.8. The Kier molecular flexibility index (Phi) is 11.3. The van der Waals surface area contributed by atoms with Crippen molar-refractivity contribution in [1.82, 2.24) is 10.6 Å². The van der Waals surface area contributed by atoms with Gasteiger partial charge >= 0.3 is 0 Å². The van der Waals surface area contributed by atoms with Crippen LogP contribution in [0.2, 0.25) is 0 Å². The molecule has 0 amide bonds. The van der Waals surface area contributed by atoms with Crippen LogP contribution in [-0.4, -0.2) is 59.2 Å². The van der Waals surface area contributed by atoms with Gasteiger partial charge in [-0.2, -0.15) is 0 Å². The summed E-state index contributed by atoms with van der Waals surface area (Å²) in [6, 6.07) is 0.0618. The summed E-state index contributed by atoms with van der Waals surface area (Å²) in [6.45, 7) is 6.45. The van der Waals surface area contributed by atoms with E-state index in [4.69, 9.17) is 4.74 Å². The molecule has 0 aliphatic rings. The van der Waals surface area contributed by atoms with Crippen LogP contribution in [0.15, 0.2) is 4.99 Å². The predicted molar refractivity (Wildman–Crippen MR) is 88.6 cm³/mol. The fourth-order valence-corrected chi connectivity index (χ4v) is 2.40. The molecule has 6 nitrogen and oxygen atoms in total. The maximum absolute atomic E-state index is 11.1. The third-order valence-electron chi connectivity index (χ3n) is 2.93. The molecule has 21 heavy (non-hydrogen) atoms. The van der Waals surface area contributed by atoms with E-state index in [1.165, 1.54) is 6.26 Å². The number of ether oxygens (including phenoxy) is 1. The minimum atomic E-state index is -2.91. The highest BCUT2D eigenvalue weighted by Crippen LogP contribution is 1.95. The van der Waals surface area contributed by atoms with Crippen molar-refractivity contribution in [3.8, 4) is 0 Å². The van der Waals surface area contributed by atoms with E-state index >= 15 is 0 Å². The lowest BCUT2D eigenvalue weighted by molar-refractivity contribution is 0.129. The molecule has 0 aliphatic heterocycles. The topological polar surface area (TPSA) is 79.8 Å². The number of rotatable bonds is 11. The molecule has 0 radical (unpaired) electrons. The van der Waals surface area contributed by atoms with Crippen LogP contribution < -0.4 is 10.6 Å². The average molecular weight is 321 g/mol. The first-order valence-electron chi connectivity index (χ1n) is 7.61. The van der Waals surface area contributed by atoms with Crippen LogP contribution in [0, 0.1) is 0 Å². The van der Waals surface area contributed by atoms with Gasteiger partial charge in [0.1, 0.15) is 9.84 Å². The summed E-state index contributed by atoms with van der Waals surface area (Å²) in [4.78, 5) is 4.12. The molecule has 126 valence electrons. The molecular formula is C14H31N3O3S. The molecule has 1 unspecified atom stereocenters. The summed E-state index contributed by atoms with van der Waals surface area (Å²) in [5.74, 6) is 0.883. The normalized spacial score (nSPS) is 14.0. The summed E-state index contributed by atoms with van der Waals surface area (Å²) in [6.07, 6.45) is 5.00. The monoisotopic (exact) mass is 321 g/mol. The van der Waals surface area contributed by atoms with E-state index in [2.05, 4.69) is 22.5 Å². The summed E-state index contributed by atoms with van der Waals surface area (Å²) in [5, 5.41) is 6.38. The maximum Gasteiger partial charge on any atom is 0.191 e. The SMILES string of the molecule is CCCCOCCCNC(=NC)NC(C)CCS(C)(=O)=O. The average Bonchev–Trinajstić information content (AvgIpc) is 2.42. The van der Waals surface area contributed by atoms with E-state index in [0.29, 0.717) is 12.4 Å². The van der Waals surface area contributed by atoms with Gasteiger partial charge in [0.15, 0.2) is 5.96 Å². The van der Waals surface area contributed by atoms with Crippen LogP contribution in [0.5, 0.6) is 0 Å². The number of nitrogens with one attached hydrogen (secondary N) is 2. The Morgan fingerprint density at radius 3 is 2.52 bits per heavy atom. The number of nitrogens with zero attached hydrogens (tertiary/aromatic N) is 1. The molecule has 0 aromatic carbocycles. The first kappa shape index (κ1) is 20.2. The summed E-state index contributed by atoms with van der Waals surface area (Å²) >= 11 is 0. The van der Waals surface area contributed by atoms with Crippen LogP contribution in [0.25, 0.3) is 0 Å². The first-order valence-corrected chi connectivity index (χ1v) is 9.67. The number of sulfone groups is 1. The Hall–Kier alpha value is -0.820. The highest BCUT2D eigenvalue weighted by atomic mass is 32.2. The molecule has 0 saturated carbocycles. The molecular weight excluding hydrogens is 290 g/mol. The first-order chi connectivity index (χ1) is 9.89. The van der Waals surface area contributed by atoms with E-state index in [9.17, 15) is 8.42 Å². The van der Waals surface area contributed by atoms with Crippen LogP contribution in [0.1, 0.15) is 39.5 Å². The second-order valence-electron chi connectivity index (χ2n) is 5.28. The number of guanidine groups is 1. The quantitative estimate of drug-likeness (QED) is 0.339. The van der Waals surface area contributed by atoms with Crippen molar-refractivity contribution in [1.29, 1.82) is 0 Å². The van der Waals surface area contributed by atoms with E-state index < -0.39 is 9.84 Å². The lowest BCUT2D eigenvalue weighted by Gasteiger charge is -2.17. The van der Waals surface area contributed by atoms with Crippen LogP contribution in [0.4, 0.5) is 0 Å². The van der Waals surface area contributed by atoms with Crippen molar-refractivity contribution in [2.24, 2.45) is 4.99 Å². The lowest BCUT2D eigenvalue weighted by Crippen LogP contribution is -2.43. The predicted octanol–water partition coefficient (Wildman–Crippen LogP) is 1.18. The Morgan fingerprint density at radius 1 is 1.29 bits per heavy atom. The molecule has 0 aromatic heterocycles. The zero-order valence-electron chi connectivity index (χ0n) is 13.8. The van der Waals surface area contributed by atoms with E-state index in [1.807, 2.05) is 6.92 Å². The van der Waals surface area contributed by atoms with Gasteiger partial charge in [-0.1, -0.05) is 13.3 Å². The zero-order chi connectivity index (χ0) is 16.1. The van der Waals surface area contributed by atoms with Crippen molar-refractivity contribution < 1.29 is 13.2 Å². The Labute approximate surface area is 129 Å². The van der Waals surface area contributed by atoms with E-state index in [-0.39, 0.29) is 11.8 Å². The maximum atomic E-state index is 11.1. The van der Waals surface area contributed by atoms with Crippen molar-refractivity contribution in [3.05, 3.63) is 0 Å². The van der Waals surface area contributed by atoms with Crippen molar-refractivity contribution in [2.45, 2.75) is 45.6 Å². The van der Waals surface area contributed by atoms with Crippen molar-refractivity contribution in [2.75, 3.05) is 38.8 Å². The molecule has 0 spiro atoms. The highest BCUT2D eigenvalue weighted by molar-refractivity contribution is 7.90. The Balaban J connectivity index is 3.76. The molecule has 0 rings (SSSR count). The van der Waals surface area contributed by atoms with Gasteiger partial charge in [-0.05, 0) is 26.2 Å². The largest absolute Gasteiger partial charge is 0.381 e. The second-order valence-corrected chi connectivity index (χ2v) is 7.54. The van der Waals surface area contributed by atoms with E-state index in [1.54, 1.807) is 7.05 Å². The smallest absolute Gasteiger partial charge is 0.191 e. The van der Waals surface area contributed by atoms with Gasteiger partial charge in [0.05, 0.1) is 5.75 Å². The number of hydrogen-bond acceptors (Lipinski definition) is 4.